The van der Waals surface area contributed by atoms with Crippen LogP contribution in [0.25, 0.3) is 33.1 Å². The van der Waals surface area contributed by atoms with E-state index in [1.54, 1.807) is 42.7 Å². The van der Waals surface area contributed by atoms with Crippen molar-refractivity contribution in [3.05, 3.63) is 72.1 Å². The fourth-order valence-electron chi connectivity index (χ4n) is 2.80. The molecule has 1 aromatic carbocycles. The van der Waals surface area contributed by atoms with Gasteiger partial charge < -0.3 is 14.3 Å². The van der Waals surface area contributed by atoms with Crippen LogP contribution in [0.5, 0.6) is 0 Å². The Morgan fingerprint density at radius 1 is 1.14 bits per heavy atom. The molecule has 0 aliphatic rings. The van der Waals surface area contributed by atoms with Crippen molar-refractivity contribution < 1.29 is 13.7 Å². The maximum Gasteiger partial charge on any atom is 0.255 e. The third kappa shape index (κ3) is 2.95. The van der Waals surface area contributed by atoms with E-state index < -0.39 is 0 Å². The molecule has 4 heterocycles. The topological polar surface area (TPSA) is 94.1 Å². The van der Waals surface area contributed by atoms with Gasteiger partial charge in [0.1, 0.15) is 17.7 Å². The molecule has 0 spiro atoms. The summed E-state index contributed by atoms with van der Waals surface area (Å²) in [6, 6.07) is 12.5. The van der Waals surface area contributed by atoms with E-state index in [-0.39, 0.29) is 5.91 Å². The van der Waals surface area contributed by atoms with Gasteiger partial charge in [0.05, 0.1) is 22.1 Å². The van der Waals surface area contributed by atoms with Crippen molar-refractivity contribution >= 4 is 33.9 Å². The van der Waals surface area contributed by atoms with E-state index in [2.05, 4.69) is 20.4 Å². The average Bonchev–Trinajstić information content (AvgIpc) is 3.47. The van der Waals surface area contributed by atoms with E-state index >= 15 is 0 Å². The van der Waals surface area contributed by atoms with Gasteiger partial charge in [0.2, 0.25) is 5.89 Å². The molecule has 0 saturated carbocycles. The molecule has 1 amide bonds. The maximum absolute atomic E-state index is 12.6. The molecule has 5 rings (SSSR count). The number of hydrogen-bond acceptors (Lipinski definition) is 7. The minimum Gasteiger partial charge on any atom is -0.443 e. The smallest absolute Gasteiger partial charge is 0.255 e. The predicted molar refractivity (Wildman–Crippen MR) is 105 cm³/mol. The summed E-state index contributed by atoms with van der Waals surface area (Å²) in [6.45, 7) is 0. The Morgan fingerprint density at radius 2 is 2.11 bits per heavy atom. The molecule has 0 bridgehead atoms. The number of rotatable bonds is 4. The van der Waals surface area contributed by atoms with Gasteiger partial charge >= 0.3 is 0 Å². The van der Waals surface area contributed by atoms with Crippen LogP contribution >= 0.6 is 11.3 Å². The molecular formula is C20H12N4O3S. The number of aromatic nitrogens is 3. The normalized spacial score (nSPS) is 11.0. The number of amides is 1. The number of pyridine rings is 1. The van der Waals surface area contributed by atoms with Gasteiger partial charge in [-0.25, -0.2) is 4.98 Å². The molecule has 4 aromatic heterocycles. The number of carbonyl (C=O) groups excluding carboxylic acids is 1. The van der Waals surface area contributed by atoms with Crippen LogP contribution in [0.1, 0.15) is 10.4 Å². The van der Waals surface area contributed by atoms with Crippen LogP contribution in [-0.2, 0) is 0 Å². The minimum absolute atomic E-state index is 0.249. The summed E-state index contributed by atoms with van der Waals surface area (Å²) < 4.78 is 11.0. The van der Waals surface area contributed by atoms with E-state index in [4.69, 9.17) is 8.94 Å². The molecule has 8 heteroatoms. The number of benzene rings is 1. The third-order valence-corrected chi connectivity index (χ3v) is 4.99. The zero-order chi connectivity index (χ0) is 18.9. The molecule has 0 unspecified atom stereocenters. The molecule has 136 valence electrons. The van der Waals surface area contributed by atoms with Gasteiger partial charge in [-0.05, 0) is 41.8 Å². The van der Waals surface area contributed by atoms with Crippen LogP contribution in [0.2, 0.25) is 0 Å². The number of carbonyl (C=O) groups is 1. The molecule has 1 N–H and O–H groups in total. The highest BCUT2D eigenvalue weighted by molar-refractivity contribution is 7.13. The Balaban J connectivity index is 1.49. The number of oxazole rings is 1. The van der Waals surface area contributed by atoms with Gasteiger partial charge in [-0.2, -0.15) is 0 Å². The Hall–Kier alpha value is -3.78. The van der Waals surface area contributed by atoms with Gasteiger partial charge in [-0.1, -0.05) is 11.2 Å². The van der Waals surface area contributed by atoms with Gasteiger partial charge in [-0.3, -0.25) is 9.78 Å². The Labute approximate surface area is 162 Å². The second-order valence-corrected chi connectivity index (χ2v) is 6.90. The largest absolute Gasteiger partial charge is 0.443 e. The summed E-state index contributed by atoms with van der Waals surface area (Å²) in [5, 5.41) is 9.56. The van der Waals surface area contributed by atoms with Crippen LogP contribution in [0.15, 0.2) is 75.4 Å². The van der Waals surface area contributed by atoms with Crippen LogP contribution in [0.4, 0.5) is 5.69 Å². The lowest BCUT2D eigenvalue weighted by atomic mass is 10.1. The fraction of sp³-hybridized carbons (Fsp3) is 0. The lowest BCUT2D eigenvalue weighted by Crippen LogP contribution is -2.11. The molecular weight excluding hydrogens is 376 g/mol. The van der Waals surface area contributed by atoms with Crippen molar-refractivity contribution in [1.82, 2.24) is 15.1 Å². The first kappa shape index (κ1) is 16.4. The minimum atomic E-state index is -0.249. The predicted octanol–water partition coefficient (Wildman–Crippen LogP) is 4.86. The quantitative estimate of drug-likeness (QED) is 0.472. The lowest BCUT2D eigenvalue weighted by Gasteiger charge is -2.04. The third-order valence-electron chi connectivity index (χ3n) is 4.13. The van der Waals surface area contributed by atoms with Crippen molar-refractivity contribution in [3.8, 4) is 22.2 Å². The van der Waals surface area contributed by atoms with E-state index in [0.717, 1.165) is 4.88 Å². The molecule has 28 heavy (non-hydrogen) atoms. The lowest BCUT2D eigenvalue weighted by molar-refractivity contribution is 0.102. The molecule has 0 saturated heterocycles. The molecule has 0 fully saturated rings. The fourth-order valence-corrected chi connectivity index (χ4v) is 3.46. The number of thiophene rings is 1. The monoisotopic (exact) mass is 388 g/mol. The molecule has 0 radical (unpaired) electrons. The average molecular weight is 388 g/mol. The Morgan fingerprint density at radius 3 is 2.93 bits per heavy atom. The van der Waals surface area contributed by atoms with Gasteiger partial charge in [-0.15, -0.1) is 11.3 Å². The molecule has 7 nitrogen and oxygen atoms in total. The number of anilines is 1. The second-order valence-electron chi connectivity index (χ2n) is 5.95. The number of nitrogens with zero attached hydrogens (tertiary/aromatic N) is 3. The van der Waals surface area contributed by atoms with E-state index in [0.29, 0.717) is 39.5 Å². The van der Waals surface area contributed by atoms with Crippen molar-refractivity contribution in [2.24, 2.45) is 0 Å². The zero-order valence-electron chi connectivity index (χ0n) is 14.3. The van der Waals surface area contributed by atoms with Crippen LogP contribution < -0.4 is 5.32 Å². The highest BCUT2D eigenvalue weighted by Gasteiger charge is 2.18. The van der Waals surface area contributed by atoms with Crippen molar-refractivity contribution in [2.45, 2.75) is 0 Å². The number of hydrogen-bond donors (Lipinski definition) is 1. The first-order valence-electron chi connectivity index (χ1n) is 8.38. The van der Waals surface area contributed by atoms with Crippen LogP contribution in [0.3, 0.4) is 0 Å². The summed E-state index contributed by atoms with van der Waals surface area (Å²) in [4.78, 5) is 22.0. The molecule has 5 aromatic rings. The number of nitrogens with one attached hydrogen (secondary N) is 1. The van der Waals surface area contributed by atoms with Gasteiger partial charge in [0, 0.05) is 11.8 Å². The summed E-state index contributed by atoms with van der Waals surface area (Å²) in [5.41, 5.74) is 2.73. The summed E-state index contributed by atoms with van der Waals surface area (Å²) >= 11 is 1.54. The second kappa shape index (κ2) is 6.75. The Kier molecular flexibility index (Phi) is 3.95. The van der Waals surface area contributed by atoms with E-state index in [1.807, 2.05) is 17.5 Å². The zero-order valence-corrected chi connectivity index (χ0v) is 15.1. The summed E-state index contributed by atoms with van der Waals surface area (Å²) in [7, 11) is 0. The summed E-state index contributed by atoms with van der Waals surface area (Å²) in [5.74, 6) is 0.271. The highest BCUT2D eigenvalue weighted by atomic mass is 32.1. The van der Waals surface area contributed by atoms with E-state index in [1.165, 1.54) is 17.6 Å². The van der Waals surface area contributed by atoms with Gasteiger partial charge in [0.25, 0.3) is 5.91 Å². The first-order chi connectivity index (χ1) is 13.8. The molecule has 0 aliphatic carbocycles. The SMILES string of the molecule is O=C(Nc1cccnc1)c1ccc2onc(-c3coc(-c4cccs4)n3)c2c1. The van der Waals surface area contributed by atoms with Gasteiger partial charge in [0.15, 0.2) is 5.58 Å². The molecule has 0 aliphatic heterocycles. The van der Waals surface area contributed by atoms with Crippen molar-refractivity contribution in [2.75, 3.05) is 5.32 Å². The van der Waals surface area contributed by atoms with Crippen molar-refractivity contribution in [3.63, 3.8) is 0 Å². The Bertz CT molecular complexity index is 1260. The van der Waals surface area contributed by atoms with Crippen LogP contribution in [-0.4, -0.2) is 21.0 Å². The molecule has 0 atom stereocenters. The highest BCUT2D eigenvalue weighted by Crippen LogP contribution is 2.31. The standard InChI is InChI=1S/C20H12N4O3S/c25-19(22-13-3-1-7-21-10-13)12-5-6-16-14(9-12)18(24-27-16)15-11-26-20(23-15)17-4-2-8-28-17/h1-11H,(H,22,25). The van der Waals surface area contributed by atoms with E-state index in [9.17, 15) is 4.79 Å². The van der Waals surface area contributed by atoms with Crippen LogP contribution in [0, 0.1) is 0 Å². The van der Waals surface area contributed by atoms with Crippen molar-refractivity contribution in [1.29, 1.82) is 0 Å². The first-order valence-corrected chi connectivity index (χ1v) is 9.26. The maximum atomic E-state index is 12.6. The number of fused-ring (bicyclic) bond motifs is 1. The summed E-state index contributed by atoms with van der Waals surface area (Å²) in [6.07, 6.45) is 4.77.